The Hall–Kier alpha value is -3.19. The maximum absolute atomic E-state index is 12.7. The molecule has 1 saturated heterocycles. The zero-order chi connectivity index (χ0) is 23.1. The summed E-state index contributed by atoms with van der Waals surface area (Å²) in [6.45, 7) is 5.80. The Morgan fingerprint density at radius 3 is 2.34 bits per heavy atom. The van der Waals surface area contributed by atoms with E-state index in [0.717, 1.165) is 31.5 Å². The molecule has 7 nitrogen and oxygen atoms in total. The molecular formula is C25H32N4O3. The second-order valence-electron chi connectivity index (χ2n) is 8.40. The number of amides is 3. The molecule has 3 amide bonds. The maximum atomic E-state index is 12.7. The first-order valence-corrected chi connectivity index (χ1v) is 11.0. The molecule has 3 rings (SSSR count). The molecule has 7 heteroatoms. The number of carbonyl (C=O) groups is 3. The minimum absolute atomic E-state index is 0.0680. The average Bonchev–Trinajstić information content (AvgIpc) is 2.78. The van der Waals surface area contributed by atoms with Gasteiger partial charge in [0.15, 0.2) is 0 Å². The van der Waals surface area contributed by atoms with E-state index in [2.05, 4.69) is 15.5 Å². The van der Waals surface area contributed by atoms with Crippen LogP contribution in [0, 0.1) is 6.92 Å². The van der Waals surface area contributed by atoms with Crippen LogP contribution in [0.3, 0.4) is 0 Å². The minimum Gasteiger partial charge on any atom is -0.348 e. The molecule has 1 aliphatic rings. The molecule has 2 aromatic carbocycles. The molecule has 2 N–H and O–H groups in total. The molecule has 1 heterocycles. The van der Waals surface area contributed by atoms with Crippen molar-refractivity contribution in [1.29, 1.82) is 0 Å². The molecule has 0 spiro atoms. The van der Waals surface area contributed by atoms with Gasteiger partial charge in [0.1, 0.15) is 0 Å². The van der Waals surface area contributed by atoms with E-state index in [-0.39, 0.29) is 30.3 Å². The second kappa shape index (κ2) is 10.9. The van der Waals surface area contributed by atoms with Gasteiger partial charge in [0, 0.05) is 39.6 Å². The summed E-state index contributed by atoms with van der Waals surface area (Å²) in [6, 6.07) is 15.3. The highest BCUT2D eigenvalue weighted by molar-refractivity contribution is 6.04. The summed E-state index contributed by atoms with van der Waals surface area (Å²) in [5, 5.41) is 5.81. The van der Waals surface area contributed by atoms with Gasteiger partial charge in [-0.05, 0) is 37.5 Å². The summed E-state index contributed by atoms with van der Waals surface area (Å²) < 4.78 is 0. The fourth-order valence-electron chi connectivity index (χ4n) is 3.89. The number of carbonyl (C=O) groups excluding carboxylic acids is 3. The molecular weight excluding hydrogens is 404 g/mol. The number of rotatable bonds is 7. The summed E-state index contributed by atoms with van der Waals surface area (Å²) in [6.07, 6.45) is 1.70. The van der Waals surface area contributed by atoms with Crippen LogP contribution in [0.4, 0.5) is 5.69 Å². The first-order valence-electron chi connectivity index (χ1n) is 11.0. The van der Waals surface area contributed by atoms with E-state index in [4.69, 9.17) is 0 Å². The predicted octanol–water partition coefficient (Wildman–Crippen LogP) is 2.81. The Morgan fingerprint density at radius 1 is 1.03 bits per heavy atom. The first kappa shape index (κ1) is 23.5. The molecule has 1 aliphatic heterocycles. The topological polar surface area (TPSA) is 81.8 Å². The fourth-order valence-corrected chi connectivity index (χ4v) is 3.89. The van der Waals surface area contributed by atoms with Crippen LogP contribution in [-0.2, 0) is 16.1 Å². The third kappa shape index (κ3) is 6.40. The van der Waals surface area contributed by atoms with Crippen molar-refractivity contribution in [2.75, 3.05) is 32.0 Å². The molecule has 170 valence electrons. The largest absolute Gasteiger partial charge is 0.348 e. The van der Waals surface area contributed by atoms with Gasteiger partial charge in [-0.15, -0.1) is 0 Å². The lowest BCUT2D eigenvalue weighted by atomic mass is 10.0. The van der Waals surface area contributed by atoms with Crippen LogP contribution in [0.2, 0.25) is 0 Å². The molecule has 2 aromatic rings. The van der Waals surface area contributed by atoms with Gasteiger partial charge in [0.25, 0.3) is 5.91 Å². The molecule has 0 aromatic heterocycles. The molecule has 32 heavy (non-hydrogen) atoms. The van der Waals surface area contributed by atoms with Gasteiger partial charge in [-0.2, -0.15) is 0 Å². The average molecular weight is 437 g/mol. The van der Waals surface area contributed by atoms with E-state index in [1.807, 2.05) is 38.2 Å². The molecule has 0 radical (unpaired) electrons. The fraction of sp³-hybridized carbons (Fsp3) is 0.400. The first-order chi connectivity index (χ1) is 15.3. The van der Waals surface area contributed by atoms with E-state index in [1.54, 1.807) is 36.1 Å². The van der Waals surface area contributed by atoms with Gasteiger partial charge in [0.05, 0.1) is 17.8 Å². The lowest BCUT2D eigenvalue weighted by molar-refractivity contribution is -0.130. The van der Waals surface area contributed by atoms with Crippen molar-refractivity contribution in [2.24, 2.45) is 0 Å². The van der Waals surface area contributed by atoms with E-state index >= 15 is 0 Å². The quantitative estimate of drug-likeness (QED) is 0.699. The monoisotopic (exact) mass is 436 g/mol. The van der Waals surface area contributed by atoms with Gasteiger partial charge in [0.2, 0.25) is 11.8 Å². The lowest BCUT2D eigenvalue weighted by Gasteiger charge is -2.36. The van der Waals surface area contributed by atoms with Crippen LogP contribution in [0.25, 0.3) is 0 Å². The Balaban J connectivity index is 1.53. The normalized spacial score (nSPS) is 14.6. The molecule has 0 bridgehead atoms. The van der Waals surface area contributed by atoms with E-state index in [1.165, 1.54) is 5.56 Å². The zero-order valence-electron chi connectivity index (χ0n) is 19.1. The molecule has 0 aliphatic carbocycles. The molecule has 0 unspecified atom stereocenters. The van der Waals surface area contributed by atoms with Crippen molar-refractivity contribution in [3.8, 4) is 0 Å². The molecule has 0 atom stereocenters. The number of piperidine rings is 1. The molecule has 0 saturated carbocycles. The number of anilines is 1. The number of likely N-dealkylation sites (tertiary alicyclic amines) is 1. The Bertz CT molecular complexity index is 950. The summed E-state index contributed by atoms with van der Waals surface area (Å²) in [5.74, 6) is -0.310. The number of nitrogens with one attached hydrogen (secondary N) is 2. The van der Waals surface area contributed by atoms with E-state index in [0.29, 0.717) is 17.8 Å². The van der Waals surface area contributed by atoms with Gasteiger partial charge >= 0.3 is 0 Å². The number of aryl methyl sites for hydroxylation is 1. The van der Waals surface area contributed by atoms with Crippen molar-refractivity contribution in [1.82, 2.24) is 15.1 Å². The van der Waals surface area contributed by atoms with Crippen molar-refractivity contribution in [3.05, 3.63) is 65.2 Å². The lowest BCUT2D eigenvalue weighted by Crippen LogP contribution is -2.46. The van der Waals surface area contributed by atoms with Crippen LogP contribution in [0.1, 0.15) is 41.3 Å². The van der Waals surface area contributed by atoms with Crippen LogP contribution in [0.15, 0.2) is 48.5 Å². The van der Waals surface area contributed by atoms with Crippen LogP contribution in [-0.4, -0.2) is 60.2 Å². The number of hydrogen-bond donors (Lipinski definition) is 2. The molecule has 1 fully saturated rings. The Kier molecular flexibility index (Phi) is 8.00. The highest BCUT2D eigenvalue weighted by Gasteiger charge is 2.25. The standard InChI is InChI=1S/C25H32N4O3/c1-18-8-10-20(11-9-18)16-26-25(32)22-6-4-5-7-23(22)27-24(31)17-29-14-12-21(13-15-29)28(3)19(2)30/h4-11,21H,12-17H2,1-3H3,(H,26,32)(H,27,31). The summed E-state index contributed by atoms with van der Waals surface area (Å²) in [5.41, 5.74) is 3.13. The number of para-hydroxylation sites is 1. The minimum atomic E-state index is -0.227. The van der Waals surface area contributed by atoms with Gasteiger partial charge < -0.3 is 15.5 Å². The summed E-state index contributed by atoms with van der Waals surface area (Å²) in [7, 11) is 1.83. The summed E-state index contributed by atoms with van der Waals surface area (Å²) >= 11 is 0. The van der Waals surface area contributed by atoms with Gasteiger partial charge in [-0.1, -0.05) is 42.0 Å². The number of hydrogen-bond acceptors (Lipinski definition) is 4. The van der Waals surface area contributed by atoms with Gasteiger partial charge in [-0.25, -0.2) is 0 Å². The highest BCUT2D eigenvalue weighted by Crippen LogP contribution is 2.18. The Labute approximate surface area is 189 Å². The van der Waals surface area contributed by atoms with Crippen molar-refractivity contribution >= 4 is 23.4 Å². The van der Waals surface area contributed by atoms with Crippen LogP contribution < -0.4 is 10.6 Å². The van der Waals surface area contributed by atoms with Crippen LogP contribution >= 0.6 is 0 Å². The number of benzene rings is 2. The van der Waals surface area contributed by atoms with Crippen molar-refractivity contribution in [3.63, 3.8) is 0 Å². The van der Waals surface area contributed by atoms with E-state index < -0.39 is 0 Å². The summed E-state index contributed by atoms with van der Waals surface area (Å²) in [4.78, 5) is 40.8. The predicted molar refractivity (Wildman–Crippen MR) is 125 cm³/mol. The van der Waals surface area contributed by atoms with Gasteiger partial charge in [-0.3, -0.25) is 19.3 Å². The Morgan fingerprint density at radius 2 is 1.69 bits per heavy atom. The van der Waals surface area contributed by atoms with Crippen LogP contribution in [0.5, 0.6) is 0 Å². The smallest absolute Gasteiger partial charge is 0.253 e. The second-order valence-corrected chi connectivity index (χ2v) is 8.40. The third-order valence-electron chi connectivity index (χ3n) is 5.99. The highest BCUT2D eigenvalue weighted by atomic mass is 16.2. The van der Waals surface area contributed by atoms with E-state index in [9.17, 15) is 14.4 Å². The SMILES string of the molecule is CC(=O)N(C)C1CCN(CC(=O)Nc2ccccc2C(=O)NCc2ccc(C)cc2)CC1. The third-order valence-corrected chi connectivity index (χ3v) is 5.99. The van der Waals surface area contributed by atoms with Crippen molar-refractivity contribution < 1.29 is 14.4 Å². The maximum Gasteiger partial charge on any atom is 0.253 e. The number of nitrogens with zero attached hydrogens (tertiary/aromatic N) is 2. The van der Waals surface area contributed by atoms with Crippen molar-refractivity contribution in [2.45, 2.75) is 39.3 Å². The zero-order valence-corrected chi connectivity index (χ0v) is 19.1.